The molecule has 0 saturated heterocycles. The molecule has 10 heteroatoms. The van der Waals surface area contributed by atoms with E-state index < -0.39 is 10.1 Å². The Morgan fingerprint density at radius 2 is 1.06 bits per heavy atom. The molecule has 0 saturated carbocycles. The van der Waals surface area contributed by atoms with E-state index in [0.29, 0.717) is 19.0 Å². The highest BCUT2D eigenvalue weighted by Gasteiger charge is 2.08. The molecule has 2 N–H and O–H groups in total. The Balaban J connectivity index is 1.36. The molecule has 0 aliphatic heterocycles. The minimum atomic E-state index is -4.16. The summed E-state index contributed by atoms with van der Waals surface area (Å²) in [6.07, 6.45) is 11.7. The lowest BCUT2D eigenvalue weighted by Gasteiger charge is -2.07. The molecule has 2 aromatic rings. The summed E-state index contributed by atoms with van der Waals surface area (Å²) in [5.74, 6) is 1.42. The van der Waals surface area contributed by atoms with E-state index in [4.69, 9.17) is 19.3 Å². The Labute approximate surface area is 206 Å². The molecule has 8 nitrogen and oxygen atoms in total. The molecule has 2 aromatic carbocycles. The first-order valence-electron chi connectivity index (χ1n) is 11.6. The van der Waals surface area contributed by atoms with Crippen molar-refractivity contribution in [2.75, 3.05) is 13.2 Å². The first-order chi connectivity index (χ1) is 16.5. The highest BCUT2D eigenvalue weighted by molar-refractivity contribution is 7.94. The van der Waals surface area contributed by atoms with Gasteiger partial charge in [-0.1, -0.05) is 56.4 Å². The van der Waals surface area contributed by atoms with Gasteiger partial charge in [0, 0.05) is 4.90 Å². The molecule has 190 valence electrons. The van der Waals surface area contributed by atoms with Gasteiger partial charge in [0.05, 0.1) is 30.2 Å². The van der Waals surface area contributed by atoms with Crippen LogP contribution in [0.15, 0.2) is 58.3 Å². The average molecular weight is 515 g/mol. The van der Waals surface area contributed by atoms with Crippen LogP contribution in [-0.4, -0.2) is 31.4 Å². The molecule has 0 amide bonds. The summed E-state index contributed by atoms with van der Waals surface area (Å²) < 4.78 is 46.7. The molecule has 0 atom stereocenters. The third-order valence-electron chi connectivity index (χ3n) is 5.18. The molecule has 0 aromatic heterocycles. The van der Waals surface area contributed by atoms with Gasteiger partial charge in [-0.15, -0.1) is 4.33 Å². The molecule has 0 spiro atoms. The Kier molecular flexibility index (Phi) is 14.0. The molecular weight excluding hydrogens is 480 g/mol. The molecule has 0 unspecified atom stereocenters. The van der Waals surface area contributed by atoms with Crippen LogP contribution in [0.25, 0.3) is 0 Å². The van der Waals surface area contributed by atoms with Crippen LogP contribution in [0.4, 0.5) is 0 Å². The van der Waals surface area contributed by atoms with Gasteiger partial charge in [-0.25, -0.2) is 5.26 Å². The zero-order valence-corrected chi connectivity index (χ0v) is 20.9. The zero-order valence-electron chi connectivity index (χ0n) is 19.3. The van der Waals surface area contributed by atoms with Gasteiger partial charge < -0.3 is 9.47 Å². The molecule has 0 radical (unpaired) electrons. The summed E-state index contributed by atoms with van der Waals surface area (Å²) in [5, 5.41) is 11.7. The minimum Gasteiger partial charge on any atom is -0.494 e. The Bertz CT molecular complexity index is 886. The standard InChI is InChI=1S/C24H34O8S2/c25-31-32-33-23-15-11-21(12-16-23)29-19-9-7-5-3-1-2-4-6-8-10-20-30-22-13-17-24(18-14-22)34(26,27)28/h11-18,25H,1-10,19-20H2,(H,26,27,28). The molecule has 0 heterocycles. The monoisotopic (exact) mass is 514 g/mol. The van der Waals surface area contributed by atoms with E-state index in [1.54, 1.807) is 12.1 Å². The quantitative estimate of drug-likeness (QED) is 0.0693. The maximum absolute atomic E-state index is 11.0. The lowest BCUT2D eigenvalue weighted by atomic mass is 10.1. The number of unbranched alkanes of at least 4 members (excludes halogenated alkanes) is 9. The molecule has 0 fully saturated rings. The van der Waals surface area contributed by atoms with Crippen molar-refractivity contribution in [1.82, 2.24) is 0 Å². The minimum absolute atomic E-state index is 0.128. The molecule has 2 rings (SSSR count). The van der Waals surface area contributed by atoms with E-state index >= 15 is 0 Å². The third-order valence-corrected chi connectivity index (χ3v) is 6.64. The van der Waals surface area contributed by atoms with Gasteiger partial charge >= 0.3 is 0 Å². The van der Waals surface area contributed by atoms with Crippen molar-refractivity contribution in [3.63, 3.8) is 0 Å². The summed E-state index contributed by atoms with van der Waals surface area (Å²) in [7, 11) is -4.16. The summed E-state index contributed by atoms with van der Waals surface area (Å²) in [6.45, 7) is 1.30. The first-order valence-corrected chi connectivity index (χ1v) is 13.8. The highest BCUT2D eigenvalue weighted by Crippen LogP contribution is 2.22. The average Bonchev–Trinajstić information content (AvgIpc) is 2.83. The predicted molar refractivity (Wildman–Crippen MR) is 131 cm³/mol. The Morgan fingerprint density at radius 1 is 0.647 bits per heavy atom. The fraction of sp³-hybridized carbons (Fsp3) is 0.500. The second kappa shape index (κ2) is 16.7. The van der Waals surface area contributed by atoms with Crippen molar-refractivity contribution in [3.8, 4) is 11.5 Å². The lowest BCUT2D eigenvalue weighted by molar-refractivity contribution is -0.432. The summed E-state index contributed by atoms with van der Waals surface area (Å²) in [6, 6.07) is 13.2. The van der Waals surface area contributed by atoms with Gasteiger partial charge in [-0.05, 0) is 61.4 Å². The van der Waals surface area contributed by atoms with E-state index in [1.807, 2.05) is 24.3 Å². The molecule has 0 bridgehead atoms. The van der Waals surface area contributed by atoms with Crippen LogP contribution in [0.3, 0.4) is 0 Å². The Hall–Kier alpha value is -1.82. The summed E-state index contributed by atoms with van der Waals surface area (Å²) in [4.78, 5) is 0.679. The van der Waals surface area contributed by atoms with Crippen LogP contribution in [0.1, 0.15) is 64.2 Å². The van der Waals surface area contributed by atoms with Gasteiger partial charge in [0.1, 0.15) is 11.5 Å². The SMILES string of the molecule is O=S(=O)(O)c1ccc(OCCCCCCCCCCCCOc2ccc(SOOO)cc2)cc1. The predicted octanol–water partition coefficient (Wildman–Crippen LogP) is 6.72. The van der Waals surface area contributed by atoms with Crippen LogP contribution in [-0.2, 0) is 19.5 Å². The van der Waals surface area contributed by atoms with E-state index in [9.17, 15) is 8.42 Å². The molecular formula is C24H34O8S2. The van der Waals surface area contributed by atoms with Crippen molar-refractivity contribution >= 4 is 22.2 Å². The fourth-order valence-corrected chi connectivity index (χ4v) is 4.19. The lowest BCUT2D eigenvalue weighted by Crippen LogP contribution is -2.00. The summed E-state index contributed by atoms with van der Waals surface area (Å²) in [5.41, 5.74) is 0. The molecule has 34 heavy (non-hydrogen) atoms. The highest BCUT2D eigenvalue weighted by atomic mass is 32.2. The van der Waals surface area contributed by atoms with Crippen LogP contribution < -0.4 is 9.47 Å². The molecule has 0 aliphatic carbocycles. The van der Waals surface area contributed by atoms with E-state index in [2.05, 4.69) is 9.37 Å². The van der Waals surface area contributed by atoms with Gasteiger partial charge in [0.15, 0.2) is 0 Å². The topological polar surface area (TPSA) is 112 Å². The Morgan fingerprint density at radius 3 is 1.47 bits per heavy atom. The van der Waals surface area contributed by atoms with E-state index in [0.717, 1.165) is 48.4 Å². The normalized spacial score (nSPS) is 11.5. The van der Waals surface area contributed by atoms with Gasteiger partial charge in [0.2, 0.25) is 0 Å². The van der Waals surface area contributed by atoms with Crippen molar-refractivity contribution < 1.29 is 37.1 Å². The smallest absolute Gasteiger partial charge is 0.294 e. The first kappa shape index (κ1) is 28.4. The van der Waals surface area contributed by atoms with E-state index in [1.165, 1.54) is 50.7 Å². The van der Waals surface area contributed by atoms with E-state index in [-0.39, 0.29) is 4.90 Å². The maximum atomic E-state index is 11.0. The van der Waals surface area contributed by atoms with Crippen molar-refractivity contribution in [2.45, 2.75) is 74.0 Å². The second-order valence-electron chi connectivity index (χ2n) is 7.88. The largest absolute Gasteiger partial charge is 0.494 e. The van der Waals surface area contributed by atoms with Gasteiger partial charge in [-0.2, -0.15) is 8.42 Å². The van der Waals surface area contributed by atoms with Crippen LogP contribution in [0.2, 0.25) is 0 Å². The van der Waals surface area contributed by atoms with Crippen LogP contribution >= 0.6 is 12.0 Å². The zero-order chi connectivity index (χ0) is 24.5. The number of ether oxygens (including phenoxy) is 2. The van der Waals surface area contributed by atoms with Crippen molar-refractivity contribution in [2.24, 2.45) is 0 Å². The number of hydrogen-bond donors (Lipinski definition) is 2. The molecule has 0 aliphatic rings. The van der Waals surface area contributed by atoms with Crippen LogP contribution in [0, 0.1) is 0 Å². The van der Waals surface area contributed by atoms with Gasteiger partial charge in [-0.3, -0.25) is 4.55 Å². The van der Waals surface area contributed by atoms with Crippen LogP contribution in [0.5, 0.6) is 11.5 Å². The van der Waals surface area contributed by atoms with Crippen molar-refractivity contribution in [1.29, 1.82) is 0 Å². The second-order valence-corrected chi connectivity index (χ2v) is 10.1. The summed E-state index contributed by atoms with van der Waals surface area (Å²) >= 11 is 0.921. The van der Waals surface area contributed by atoms with Gasteiger partial charge in [0.25, 0.3) is 10.1 Å². The number of hydrogen-bond acceptors (Lipinski definition) is 8. The van der Waals surface area contributed by atoms with Crippen molar-refractivity contribution in [3.05, 3.63) is 48.5 Å². The third kappa shape index (κ3) is 12.6. The number of rotatable bonds is 19. The fourth-order valence-electron chi connectivity index (χ4n) is 3.35. The number of benzene rings is 2. The maximum Gasteiger partial charge on any atom is 0.294 e.